The molecule has 0 aliphatic rings. The number of hydrogen-bond acceptors (Lipinski definition) is 4. The number of unbranched alkanes of at least 4 members (excludes halogenated alkanes) is 2. The maximum absolute atomic E-state index is 12.5. The van der Waals surface area contributed by atoms with E-state index >= 15 is 0 Å². The van der Waals surface area contributed by atoms with E-state index in [4.69, 9.17) is 9.47 Å². The van der Waals surface area contributed by atoms with Crippen LogP contribution in [0.25, 0.3) is 17.2 Å². The topological polar surface area (TPSA) is 88.1 Å². The quantitative estimate of drug-likeness (QED) is 0.216. The lowest BCUT2D eigenvalue weighted by molar-refractivity contribution is -0.136. The number of urea groups is 1. The smallest absolute Gasteiger partial charge is 0.371 e. The second-order valence-electron chi connectivity index (χ2n) is 7.90. The zero-order valence-electron chi connectivity index (χ0n) is 20.6. The lowest BCUT2D eigenvalue weighted by atomic mass is 10.0. The lowest BCUT2D eigenvalue weighted by Gasteiger charge is -2.19. The van der Waals surface area contributed by atoms with Crippen LogP contribution in [0.1, 0.15) is 52.0 Å². The third-order valence-corrected chi connectivity index (χ3v) is 5.23. The van der Waals surface area contributed by atoms with E-state index in [1.165, 1.54) is 6.08 Å². The summed E-state index contributed by atoms with van der Waals surface area (Å²) in [4.78, 5) is 25.5. The van der Waals surface area contributed by atoms with E-state index in [1.807, 2.05) is 42.5 Å². The number of hydrogen-bond donors (Lipinski definition) is 2. The molecule has 0 atom stereocenters. The van der Waals surface area contributed by atoms with Gasteiger partial charge < -0.3 is 19.9 Å². The fourth-order valence-corrected chi connectivity index (χ4v) is 3.28. The molecule has 2 N–H and O–H groups in total. The number of nitrogens with one attached hydrogen (secondary N) is 1. The second-order valence-corrected chi connectivity index (χ2v) is 7.90. The number of amides is 2. The molecule has 0 radical (unpaired) electrons. The summed E-state index contributed by atoms with van der Waals surface area (Å²) in [6.07, 6.45) is 5.35. The van der Waals surface area contributed by atoms with Crippen LogP contribution in [-0.4, -0.2) is 43.9 Å². The van der Waals surface area contributed by atoms with Gasteiger partial charge in [0.15, 0.2) is 0 Å². The SMILES string of the molecule is CCCCNC(=O)N(C)c1cccc(-c2ccc(/C=C(\OCC)C(=O)O)cc2OCCCC)c1. The van der Waals surface area contributed by atoms with E-state index in [0.29, 0.717) is 24.5 Å². The van der Waals surface area contributed by atoms with Gasteiger partial charge in [0, 0.05) is 24.8 Å². The number of carbonyl (C=O) groups excluding carboxylic acids is 1. The van der Waals surface area contributed by atoms with E-state index in [-0.39, 0.29) is 18.4 Å². The van der Waals surface area contributed by atoms with Gasteiger partial charge in [-0.1, -0.05) is 51.0 Å². The van der Waals surface area contributed by atoms with Gasteiger partial charge in [0.2, 0.25) is 5.76 Å². The third-order valence-electron chi connectivity index (χ3n) is 5.23. The van der Waals surface area contributed by atoms with Crippen LogP contribution >= 0.6 is 0 Å². The van der Waals surface area contributed by atoms with Crippen LogP contribution < -0.4 is 15.0 Å². The predicted octanol–water partition coefficient (Wildman–Crippen LogP) is 5.94. The van der Waals surface area contributed by atoms with Crippen LogP contribution in [0.4, 0.5) is 10.5 Å². The first-order chi connectivity index (χ1) is 16.4. The van der Waals surface area contributed by atoms with Gasteiger partial charge in [0.05, 0.1) is 13.2 Å². The molecule has 34 heavy (non-hydrogen) atoms. The molecule has 0 aromatic heterocycles. The minimum Gasteiger partial charge on any atom is -0.493 e. The van der Waals surface area contributed by atoms with Crippen LogP contribution in [0.3, 0.4) is 0 Å². The van der Waals surface area contributed by atoms with Crippen molar-refractivity contribution in [3.05, 3.63) is 53.8 Å². The Hall–Kier alpha value is -3.48. The number of ether oxygens (including phenoxy) is 2. The Morgan fingerprint density at radius 3 is 2.50 bits per heavy atom. The largest absolute Gasteiger partial charge is 0.493 e. The molecule has 2 rings (SSSR count). The number of carbonyl (C=O) groups is 2. The van der Waals surface area contributed by atoms with E-state index < -0.39 is 5.97 Å². The summed E-state index contributed by atoms with van der Waals surface area (Å²) in [6.45, 7) is 7.38. The molecule has 0 aliphatic heterocycles. The first kappa shape index (κ1) is 26.8. The molecule has 0 spiro atoms. The summed E-state index contributed by atoms with van der Waals surface area (Å²) in [5.41, 5.74) is 3.20. The van der Waals surface area contributed by atoms with Crippen molar-refractivity contribution in [1.29, 1.82) is 0 Å². The van der Waals surface area contributed by atoms with Crippen molar-refractivity contribution in [2.75, 3.05) is 31.7 Å². The molecule has 0 saturated heterocycles. The monoisotopic (exact) mass is 468 g/mol. The molecule has 7 nitrogen and oxygen atoms in total. The van der Waals surface area contributed by atoms with Crippen LogP contribution in [0.2, 0.25) is 0 Å². The Morgan fingerprint density at radius 1 is 1.06 bits per heavy atom. The maximum atomic E-state index is 12.5. The molecule has 2 amide bonds. The molecular weight excluding hydrogens is 432 g/mol. The van der Waals surface area contributed by atoms with Crippen molar-refractivity contribution in [3.8, 4) is 16.9 Å². The zero-order valence-corrected chi connectivity index (χ0v) is 20.6. The lowest BCUT2D eigenvalue weighted by Crippen LogP contribution is -2.37. The highest BCUT2D eigenvalue weighted by atomic mass is 16.5. The molecule has 0 fully saturated rings. The molecule has 0 bridgehead atoms. The first-order valence-electron chi connectivity index (χ1n) is 11.9. The summed E-state index contributed by atoms with van der Waals surface area (Å²) in [7, 11) is 1.74. The Bertz CT molecular complexity index is 987. The molecule has 2 aromatic rings. The molecule has 2 aromatic carbocycles. The number of carboxylic acid groups (broad SMARTS) is 1. The van der Waals surface area contributed by atoms with Crippen molar-refractivity contribution < 1.29 is 24.2 Å². The van der Waals surface area contributed by atoms with Gasteiger partial charge in [-0.25, -0.2) is 9.59 Å². The normalized spacial score (nSPS) is 11.1. The highest BCUT2D eigenvalue weighted by Gasteiger charge is 2.14. The Morgan fingerprint density at radius 2 is 1.82 bits per heavy atom. The summed E-state index contributed by atoms with van der Waals surface area (Å²) >= 11 is 0. The van der Waals surface area contributed by atoms with Crippen molar-refractivity contribution in [2.45, 2.75) is 46.5 Å². The van der Waals surface area contributed by atoms with Crippen LogP contribution in [0.5, 0.6) is 5.75 Å². The Kier molecular flexibility index (Phi) is 11.0. The van der Waals surface area contributed by atoms with Gasteiger partial charge in [0.25, 0.3) is 0 Å². The van der Waals surface area contributed by atoms with Crippen LogP contribution in [-0.2, 0) is 9.53 Å². The Balaban J connectivity index is 2.39. The minimum absolute atomic E-state index is 0.118. The summed E-state index contributed by atoms with van der Waals surface area (Å²) in [5, 5.41) is 12.3. The predicted molar refractivity (Wildman–Crippen MR) is 136 cm³/mol. The maximum Gasteiger partial charge on any atom is 0.371 e. The minimum atomic E-state index is -1.12. The number of anilines is 1. The van der Waals surface area contributed by atoms with Gasteiger partial charge in [0.1, 0.15) is 5.75 Å². The van der Waals surface area contributed by atoms with Crippen LogP contribution in [0.15, 0.2) is 48.2 Å². The molecular formula is C27H36N2O5. The van der Waals surface area contributed by atoms with Crippen molar-refractivity contribution in [1.82, 2.24) is 5.32 Å². The number of nitrogens with zero attached hydrogens (tertiary/aromatic N) is 1. The summed E-state index contributed by atoms with van der Waals surface area (Å²) < 4.78 is 11.3. The fraction of sp³-hybridized carbons (Fsp3) is 0.407. The molecule has 0 unspecified atom stereocenters. The van der Waals surface area contributed by atoms with Gasteiger partial charge in [-0.3, -0.25) is 4.90 Å². The van der Waals surface area contributed by atoms with Gasteiger partial charge in [-0.05, 0) is 55.2 Å². The number of benzene rings is 2. The van der Waals surface area contributed by atoms with E-state index in [0.717, 1.165) is 42.5 Å². The van der Waals surface area contributed by atoms with Crippen molar-refractivity contribution in [3.63, 3.8) is 0 Å². The van der Waals surface area contributed by atoms with Gasteiger partial charge in [-0.15, -0.1) is 0 Å². The average molecular weight is 469 g/mol. The average Bonchev–Trinajstić information content (AvgIpc) is 2.83. The number of carboxylic acids is 1. The van der Waals surface area contributed by atoms with Crippen molar-refractivity contribution >= 4 is 23.8 Å². The van der Waals surface area contributed by atoms with E-state index in [9.17, 15) is 14.7 Å². The highest BCUT2D eigenvalue weighted by molar-refractivity contribution is 5.92. The van der Waals surface area contributed by atoms with E-state index in [1.54, 1.807) is 18.9 Å². The fourth-order valence-electron chi connectivity index (χ4n) is 3.28. The second kappa shape index (κ2) is 13.9. The summed E-state index contributed by atoms with van der Waals surface area (Å²) in [6, 6.07) is 13.1. The highest BCUT2D eigenvalue weighted by Crippen LogP contribution is 2.34. The molecule has 0 heterocycles. The van der Waals surface area contributed by atoms with Crippen molar-refractivity contribution in [2.24, 2.45) is 0 Å². The van der Waals surface area contributed by atoms with Gasteiger partial charge in [-0.2, -0.15) is 0 Å². The van der Waals surface area contributed by atoms with Crippen LogP contribution in [0, 0.1) is 0 Å². The van der Waals surface area contributed by atoms with Gasteiger partial charge >= 0.3 is 12.0 Å². The third kappa shape index (κ3) is 7.83. The molecule has 184 valence electrons. The first-order valence-corrected chi connectivity index (χ1v) is 11.9. The summed E-state index contributed by atoms with van der Waals surface area (Å²) in [5.74, 6) is -0.588. The molecule has 0 aliphatic carbocycles. The molecule has 0 saturated carbocycles. The molecule has 7 heteroatoms. The Labute approximate surface area is 202 Å². The van der Waals surface area contributed by atoms with E-state index in [2.05, 4.69) is 19.2 Å². The zero-order chi connectivity index (χ0) is 24.9. The standard InChI is InChI=1S/C27H36N2O5/c1-5-8-15-28-27(32)29(4)22-12-10-11-21(19-22)23-14-13-20(17-24(23)34-16-9-6-2)18-25(26(30)31)33-7-3/h10-14,17-19H,5-9,15-16H2,1-4H3,(H,28,32)(H,30,31)/b25-18-. The number of rotatable bonds is 13. The number of aliphatic carboxylic acids is 1.